The van der Waals surface area contributed by atoms with E-state index in [0.29, 0.717) is 11.1 Å². The molecule has 1 aromatic rings. The molecule has 2 heterocycles. The minimum atomic E-state index is -0.599. The van der Waals surface area contributed by atoms with E-state index in [2.05, 4.69) is 17.1 Å². The summed E-state index contributed by atoms with van der Waals surface area (Å²) < 4.78 is 0. The van der Waals surface area contributed by atoms with Gasteiger partial charge in [-0.15, -0.1) is 0 Å². The van der Waals surface area contributed by atoms with Gasteiger partial charge < -0.3 is 16.0 Å². The third kappa shape index (κ3) is 2.62. The van der Waals surface area contributed by atoms with Crippen molar-refractivity contribution in [2.75, 3.05) is 16.8 Å². The van der Waals surface area contributed by atoms with Crippen molar-refractivity contribution < 1.29 is 4.79 Å². The number of rotatable bonds is 2. The summed E-state index contributed by atoms with van der Waals surface area (Å²) in [7, 11) is 0. The summed E-state index contributed by atoms with van der Waals surface area (Å²) in [5.41, 5.74) is 8.52. The highest BCUT2D eigenvalue weighted by atomic mass is 35.5. The van der Waals surface area contributed by atoms with E-state index in [1.54, 1.807) is 0 Å². The summed E-state index contributed by atoms with van der Waals surface area (Å²) in [5.74, 6) is -0.152. The Kier molecular flexibility index (Phi) is 4.09. The average Bonchev–Trinajstić information content (AvgIpc) is 2.68. The Morgan fingerprint density at radius 1 is 1.38 bits per heavy atom. The van der Waals surface area contributed by atoms with Gasteiger partial charge in [-0.25, -0.2) is 0 Å². The second-order valence-corrected chi connectivity index (χ2v) is 6.37. The molecule has 114 valence electrons. The van der Waals surface area contributed by atoms with Crippen molar-refractivity contribution in [2.45, 2.75) is 51.1 Å². The van der Waals surface area contributed by atoms with Gasteiger partial charge in [-0.2, -0.15) is 0 Å². The molecular weight excluding hydrogens is 286 g/mol. The van der Waals surface area contributed by atoms with Crippen LogP contribution in [0.1, 0.15) is 50.6 Å². The quantitative estimate of drug-likeness (QED) is 0.880. The van der Waals surface area contributed by atoms with Crippen LogP contribution in [0.5, 0.6) is 0 Å². The van der Waals surface area contributed by atoms with E-state index in [1.807, 2.05) is 12.1 Å². The van der Waals surface area contributed by atoms with Crippen LogP contribution in [0.3, 0.4) is 0 Å². The van der Waals surface area contributed by atoms with Gasteiger partial charge in [0.15, 0.2) is 0 Å². The molecule has 1 fully saturated rings. The molecule has 3 N–H and O–H groups in total. The molecule has 2 aliphatic rings. The van der Waals surface area contributed by atoms with Gasteiger partial charge in [0.1, 0.15) is 6.04 Å². The molecule has 3 rings (SSSR count). The number of nitrogens with two attached hydrogens (primary N) is 1. The van der Waals surface area contributed by atoms with Crippen LogP contribution >= 0.6 is 11.6 Å². The molecule has 0 aliphatic carbocycles. The average molecular weight is 308 g/mol. The predicted octanol–water partition coefficient (Wildman–Crippen LogP) is 3.45. The molecule has 2 unspecified atom stereocenters. The number of benzene rings is 1. The number of anilines is 2. The molecule has 1 aromatic carbocycles. The summed E-state index contributed by atoms with van der Waals surface area (Å²) >= 11 is 6.49. The molecule has 0 saturated carbocycles. The summed E-state index contributed by atoms with van der Waals surface area (Å²) in [5, 5.41) is 3.55. The minimum absolute atomic E-state index is 0.152. The van der Waals surface area contributed by atoms with Crippen molar-refractivity contribution in [1.29, 1.82) is 0 Å². The molecule has 0 aromatic heterocycles. The van der Waals surface area contributed by atoms with Crippen LogP contribution in [-0.2, 0) is 4.79 Å². The Balaban J connectivity index is 1.98. The lowest BCUT2D eigenvalue weighted by Crippen LogP contribution is -2.34. The number of carbonyl (C=O) groups is 1. The highest BCUT2D eigenvalue weighted by Crippen LogP contribution is 2.40. The van der Waals surface area contributed by atoms with Gasteiger partial charge >= 0.3 is 0 Å². The molecular formula is C16H22ClN3O. The van der Waals surface area contributed by atoms with Gasteiger partial charge in [0.25, 0.3) is 0 Å². The fourth-order valence-corrected chi connectivity index (χ4v) is 3.71. The largest absolute Gasteiger partial charge is 0.367 e. The van der Waals surface area contributed by atoms with E-state index >= 15 is 0 Å². The molecule has 21 heavy (non-hydrogen) atoms. The zero-order chi connectivity index (χ0) is 15.0. The summed E-state index contributed by atoms with van der Waals surface area (Å²) in [6.07, 6.45) is 6.06. The van der Waals surface area contributed by atoms with Gasteiger partial charge in [-0.1, -0.05) is 31.4 Å². The van der Waals surface area contributed by atoms with Gasteiger partial charge in [0.05, 0.1) is 10.7 Å². The maximum absolute atomic E-state index is 11.7. The first kappa shape index (κ1) is 14.7. The first-order chi connectivity index (χ1) is 10.1. The number of nitrogens with one attached hydrogen (secondary N) is 1. The van der Waals surface area contributed by atoms with Crippen molar-refractivity contribution >= 4 is 28.9 Å². The first-order valence-electron chi connectivity index (χ1n) is 7.78. The van der Waals surface area contributed by atoms with Crippen molar-refractivity contribution in [2.24, 2.45) is 5.73 Å². The number of hydrogen-bond acceptors (Lipinski definition) is 3. The number of amides is 1. The SMILES string of the molecule is CCC1CCCCCN1c1cc2c(cc1Cl)C(N)C(=O)N2. The third-order valence-electron chi connectivity index (χ3n) is 4.65. The summed E-state index contributed by atoms with van der Waals surface area (Å²) in [6, 6.07) is 3.77. The molecule has 4 nitrogen and oxygen atoms in total. The predicted molar refractivity (Wildman–Crippen MR) is 86.9 cm³/mol. The monoisotopic (exact) mass is 307 g/mol. The zero-order valence-electron chi connectivity index (χ0n) is 12.4. The molecule has 2 atom stereocenters. The molecule has 5 heteroatoms. The molecule has 2 aliphatic heterocycles. The number of hydrogen-bond donors (Lipinski definition) is 2. The molecule has 1 amide bonds. The Morgan fingerprint density at radius 2 is 2.19 bits per heavy atom. The number of carbonyl (C=O) groups excluding carboxylic acids is 1. The minimum Gasteiger partial charge on any atom is -0.367 e. The van der Waals surface area contributed by atoms with Crippen LogP contribution < -0.4 is 16.0 Å². The summed E-state index contributed by atoms with van der Waals surface area (Å²) in [6.45, 7) is 3.25. The fraction of sp³-hybridized carbons (Fsp3) is 0.562. The molecule has 0 bridgehead atoms. The Labute approximate surface area is 130 Å². The van der Waals surface area contributed by atoms with Crippen LogP contribution in [0, 0.1) is 0 Å². The maximum Gasteiger partial charge on any atom is 0.245 e. The maximum atomic E-state index is 11.7. The van der Waals surface area contributed by atoms with Crippen LogP contribution in [0.25, 0.3) is 0 Å². The molecule has 1 saturated heterocycles. The van der Waals surface area contributed by atoms with E-state index < -0.39 is 6.04 Å². The van der Waals surface area contributed by atoms with Crippen LogP contribution in [-0.4, -0.2) is 18.5 Å². The standard InChI is InChI=1S/C16H22ClN3O/c1-2-10-6-4-3-5-7-20(10)14-9-13-11(8-12(14)17)15(18)16(21)19-13/h8-10,15H,2-7,18H2,1H3,(H,19,21). The van der Waals surface area contributed by atoms with Crippen LogP contribution in [0.15, 0.2) is 12.1 Å². The third-order valence-corrected chi connectivity index (χ3v) is 4.95. The highest BCUT2D eigenvalue weighted by Gasteiger charge is 2.30. The highest BCUT2D eigenvalue weighted by molar-refractivity contribution is 6.33. The lowest BCUT2D eigenvalue weighted by atomic mass is 10.0. The van der Waals surface area contributed by atoms with Crippen molar-refractivity contribution in [3.63, 3.8) is 0 Å². The van der Waals surface area contributed by atoms with Gasteiger partial charge in [-0.05, 0) is 31.4 Å². The van der Waals surface area contributed by atoms with E-state index in [9.17, 15) is 4.79 Å². The van der Waals surface area contributed by atoms with Gasteiger partial charge in [-0.3, -0.25) is 4.79 Å². The lowest BCUT2D eigenvalue weighted by molar-refractivity contribution is -0.116. The lowest BCUT2D eigenvalue weighted by Gasteiger charge is -2.32. The number of halogens is 1. The smallest absolute Gasteiger partial charge is 0.245 e. The first-order valence-corrected chi connectivity index (χ1v) is 8.16. The number of fused-ring (bicyclic) bond motifs is 1. The van der Waals surface area contributed by atoms with E-state index in [0.717, 1.165) is 29.9 Å². The van der Waals surface area contributed by atoms with Crippen molar-refractivity contribution in [3.05, 3.63) is 22.7 Å². The van der Waals surface area contributed by atoms with E-state index in [1.165, 1.54) is 25.7 Å². The van der Waals surface area contributed by atoms with Crippen molar-refractivity contribution in [1.82, 2.24) is 0 Å². The Hall–Kier alpha value is -1.26. The second-order valence-electron chi connectivity index (χ2n) is 5.96. The van der Waals surface area contributed by atoms with Crippen LogP contribution in [0.2, 0.25) is 5.02 Å². The van der Waals surface area contributed by atoms with Crippen molar-refractivity contribution in [3.8, 4) is 0 Å². The van der Waals surface area contributed by atoms with Gasteiger partial charge in [0.2, 0.25) is 5.91 Å². The van der Waals surface area contributed by atoms with E-state index in [-0.39, 0.29) is 5.91 Å². The van der Waals surface area contributed by atoms with E-state index in [4.69, 9.17) is 17.3 Å². The number of nitrogens with zero attached hydrogens (tertiary/aromatic N) is 1. The zero-order valence-corrected chi connectivity index (χ0v) is 13.1. The van der Waals surface area contributed by atoms with Gasteiger partial charge in [0, 0.05) is 23.8 Å². The summed E-state index contributed by atoms with van der Waals surface area (Å²) in [4.78, 5) is 14.1. The topological polar surface area (TPSA) is 58.4 Å². The molecule has 0 radical (unpaired) electrons. The Bertz CT molecular complexity index is 561. The fourth-order valence-electron chi connectivity index (χ4n) is 3.43. The van der Waals surface area contributed by atoms with Crippen LogP contribution in [0.4, 0.5) is 11.4 Å². The Morgan fingerprint density at radius 3 is 2.95 bits per heavy atom. The normalized spacial score (nSPS) is 25.5. The molecule has 0 spiro atoms. The second kappa shape index (κ2) is 5.85.